The largest absolute Gasteiger partial charge is 0.327 e. The van der Waals surface area contributed by atoms with Gasteiger partial charge >= 0.3 is 0 Å². The summed E-state index contributed by atoms with van der Waals surface area (Å²) in [5.41, 5.74) is 2.24. The monoisotopic (exact) mass is 383 g/mol. The van der Waals surface area contributed by atoms with Crippen molar-refractivity contribution in [2.45, 2.75) is 31.3 Å². The summed E-state index contributed by atoms with van der Waals surface area (Å²) >= 11 is 0. The van der Waals surface area contributed by atoms with Crippen LogP contribution in [0.1, 0.15) is 36.9 Å². The molecule has 5 nitrogen and oxygen atoms in total. The molecule has 1 aliphatic heterocycles. The second-order valence-corrected chi connectivity index (χ2v) is 7.46. The average molecular weight is 383 g/mol. The fraction of sp³-hybridized carbons (Fsp3) is 0.333. The van der Waals surface area contributed by atoms with Gasteiger partial charge in [0.15, 0.2) is 0 Å². The minimum Gasteiger partial charge on any atom is -0.327 e. The molecule has 0 unspecified atom stereocenters. The highest BCUT2D eigenvalue weighted by molar-refractivity contribution is 5.80. The first-order valence-electron chi connectivity index (χ1n) is 9.43. The lowest BCUT2D eigenvalue weighted by Crippen LogP contribution is -2.41. The molecule has 1 atom stereocenters. The van der Waals surface area contributed by atoms with Crippen LogP contribution in [0.2, 0.25) is 0 Å². The van der Waals surface area contributed by atoms with Gasteiger partial charge in [-0.15, -0.1) is 0 Å². The van der Waals surface area contributed by atoms with Crippen LogP contribution in [0.25, 0.3) is 11.0 Å². The maximum Gasteiger partial charge on any atom is 0.249 e. The summed E-state index contributed by atoms with van der Waals surface area (Å²) in [7, 11) is 0. The second kappa shape index (κ2) is 6.67. The number of amides is 1. The van der Waals surface area contributed by atoms with Crippen LogP contribution in [0.4, 0.5) is 8.78 Å². The van der Waals surface area contributed by atoms with Gasteiger partial charge < -0.3 is 4.57 Å². The van der Waals surface area contributed by atoms with Crippen LogP contribution in [0.5, 0.6) is 0 Å². The summed E-state index contributed by atoms with van der Waals surface area (Å²) in [6.07, 6.45) is 3.72. The van der Waals surface area contributed by atoms with E-state index < -0.39 is 0 Å². The molecule has 0 radical (unpaired) electrons. The first kappa shape index (κ1) is 17.3. The van der Waals surface area contributed by atoms with Crippen molar-refractivity contribution in [3.05, 3.63) is 66.0 Å². The van der Waals surface area contributed by atoms with Gasteiger partial charge in [-0.3, -0.25) is 9.63 Å². The number of carbonyl (C=O) groups excluding carboxylic acids is 1. The van der Waals surface area contributed by atoms with Gasteiger partial charge in [-0.05, 0) is 42.7 Å². The van der Waals surface area contributed by atoms with Crippen LogP contribution in [0, 0.1) is 17.6 Å². The molecule has 1 aliphatic carbocycles. The summed E-state index contributed by atoms with van der Waals surface area (Å²) in [5, 5.41) is 1.43. The maximum absolute atomic E-state index is 13.6. The summed E-state index contributed by atoms with van der Waals surface area (Å²) in [4.78, 5) is 22.8. The van der Waals surface area contributed by atoms with E-state index in [1.807, 2.05) is 10.6 Å². The Morgan fingerprint density at radius 2 is 1.93 bits per heavy atom. The van der Waals surface area contributed by atoms with Crippen LogP contribution in [0.3, 0.4) is 0 Å². The van der Waals surface area contributed by atoms with Crippen molar-refractivity contribution in [3.63, 3.8) is 0 Å². The van der Waals surface area contributed by atoms with Gasteiger partial charge in [-0.2, -0.15) is 0 Å². The molecule has 1 aromatic heterocycles. The highest BCUT2D eigenvalue weighted by Crippen LogP contribution is 2.43. The van der Waals surface area contributed by atoms with Crippen molar-refractivity contribution in [1.82, 2.24) is 14.6 Å². The first-order valence-corrected chi connectivity index (χ1v) is 9.43. The Balaban J connectivity index is 1.29. The Labute approximate surface area is 160 Å². The zero-order chi connectivity index (χ0) is 19.3. The lowest BCUT2D eigenvalue weighted by atomic mass is 9.79. The maximum atomic E-state index is 13.6. The number of hydroxylamine groups is 2. The zero-order valence-corrected chi connectivity index (χ0v) is 15.1. The molecule has 1 amide bonds. The van der Waals surface area contributed by atoms with E-state index in [0.717, 1.165) is 11.1 Å². The van der Waals surface area contributed by atoms with Crippen molar-refractivity contribution in [2.24, 2.45) is 5.92 Å². The number of imidazole rings is 1. The first-order chi connectivity index (χ1) is 13.6. The zero-order valence-electron chi connectivity index (χ0n) is 15.1. The van der Waals surface area contributed by atoms with E-state index in [9.17, 15) is 13.6 Å². The number of hydrogen-bond acceptors (Lipinski definition) is 3. The van der Waals surface area contributed by atoms with E-state index in [0.29, 0.717) is 31.4 Å². The number of carbonyl (C=O) groups is 1. The quantitative estimate of drug-likeness (QED) is 0.682. The van der Waals surface area contributed by atoms with Gasteiger partial charge in [-0.25, -0.2) is 18.8 Å². The lowest BCUT2D eigenvalue weighted by Gasteiger charge is -2.38. The van der Waals surface area contributed by atoms with E-state index in [-0.39, 0.29) is 35.5 Å². The molecular formula is C21H19F2N3O2. The van der Waals surface area contributed by atoms with Crippen LogP contribution < -0.4 is 0 Å². The normalized spacial score (nSPS) is 24.5. The Kier molecular flexibility index (Phi) is 4.12. The molecule has 7 heteroatoms. The minimum absolute atomic E-state index is 0.0570. The van der Waals surface area contributed by atoms with Gasteiger partial charge in [-0.1, -0.05) is 12.1 Å². The molecule has 2 fully saturated rings. The molecule has 3 aromatic rings. The van der Waals surface area contributed by atoms with Gasteiger partial charge in [0, 0.05) is 24.4 Å². The predicted molar refractivity (Wildman–Crippen MR) is 98.0 cm³/mol. The van der Waals surface area contributed by atoms with E-state index in [1.165, 1.54) is 29.3 Å². The third-order valence-corrected chi connectivity index (χ3v) is 5.75. The molecule has 2 heterocycles. The van der Waals surface area contributed by atoms with Crippen molar-refractivity contribution in [3.8, 4) is 0 Å². The smallest absolute Gasteiger partial charge is 0.249 e. The van der Waals surface area contributed by atoms with Crippen LogP contribution >= 0.6 is 0 Å². The van der Waals surface area contributed by atoms with Crippen molar-refractivity contribution in [2.75, 3.05) is 6.61 Å². The number of rotatable bonds is 3. The highest BCUT2D eigenvalue weighted by Gasteiger charge is 2.42. The van der Waals surface area contributed by atoms with E-state index >= 15 is 0 Å². The summed E-state index contributed by atoms with van der Waals surface area (Å²) in [5.74, 6) is -0.826. The molecule has 144 valence electrons. The van der Waals surface area contributed by atoms with E-state index in [2.05, 4.69) is 4.98 Å². The van der Waals surface area contributed by atoms with Gasteiger partial charge in [0.2, 0.25) is 5.91 Å². The SMILES string of the molecule is O=C(C1CC(n2cnc3cc(F)ccc32)C1)N1OCC[C@H]1c1cccc(F)c1. The predicted octanol–water partition coefficient (Wildman–Crippen LogP) is 4.17. The summed E-state index contributed by atoms with van der Waals surface area (Å²) < 4.78 is 28.9. The number of hydrogen-bond donors (Lipinski definition) is 0. The lowest BCUT2D eigenvalue weighted by molar-refractivity contribution is -0.185. The van der Waals surface area contributed by atoms with Crippen LogP contribution in [0.15, 0.2) is 48.8 Å². The Hall–Kier alpha value is -2.80. The Bertz CT molecular complexity index is 1050. The summed E-state index contributed by atoms with van der Waals surface area (Å²) in [6, 6.07) is 10.8. The standard InChI is InChI=1S/C21H19F2N3O2/c22-15-3-1-2-13(8-15)19-6-7-28-26(19)21(27)14-9-17(10-14)25-12-24-18-11-16(23)4-5-20(18)25/h1-5,8,11-12,14,17,19H,6-7,9-10H2/t14?,17?,19-/m0/s1. The van der Waals surface area contributed by atoms with Crippen LogP contribution in [-0.4, -0.2) is 27.1 Å². The van der Waals surface area contributed by atoms with Gasteiger partial charge in [0.25, 0.3) is 0 Å². The number of aromatic nitrogens is 2. The van der Waals surface area contributed by atoms with E-state index in [1.54, 1.807) is 18.5 Å². The molecular weight excluding hydrogens is 364 g/mol. The van der Waals surface area contributed by atoms with Crippen molar-refractivity contribution >= 4 is 16.9 Å². The fourth-order valence-electron chi connectivity index (χ4n) is 4.20. The van der Waals surface area contributed by atoms with Crippen LogP contribution in [-0.2, 0) is 9.63 Å². The number of halogens is 2. The molecule has 2 aliphatic rings. The molecule has 5 rings (SSSR count). The number of benzene rings is 2. The van der Waals surface area contributed by atoms with Crippen molar-refractivity contribution < 1.29 is 18.4 Å². The van der Waals surface area contributed by atoms with Crippen molar-refractivity contribution in [1.29, 1.82) is 0 Å². The molecule has 0 N–H and O–H groups in total. The van der Waals surface area contributed by atoms with Gasteiger partial charge in [0.05, 0.1) is 30.0 Å². The highest BCUT2D eigenvalue weighted by atomic mass is 19.1. The summed E-state index contributed by atoms with van der Waals surface area (Å²) in [6.45, 7) is 0.445. The third kappa shape index (κ3) is 2.86. The topological polar surface area (TPSA) is 47.4 Å². The number of nitrogens with zero attached hydrogens (tertiary/aromatic N) is 3. The fourth-order valence-corrected chi connectivity index (χ4v) is 4.20. The van der Waals surface area contributed by atoms with E-state index in [4.69, 9.17) is 4.84 Å². The minimum atomic E-state index is -0.316. The Morgan fingerprint density at radius 3 is 2.75 bits per heavy atom. The second-order valence-electron chi connectivity index (χ2n) is 7.46. The average Bonchev–Trinajstić information content (AvgIpc) is 3.27. The molecule has 0 spiro atoms. The Morgan fingerprint density at radius 1 is 1.11 bits per heavy atom. The molecule has 1 saturated carbocycles. The third-order valence-electron chi connectivity index (χ3n) is 5.75. The molecule has 0 bridgehead atoms. The molecule has 28 heavy (non-hydrogen) atoms. The number of fused-ring (bicyclic) bond motifs is 1. The molecule has 2 aromatic carbocycles. The molecule has 1 saturated heterocycles. The van der Waals surface area contributed by atoms with Gasteiger partial charge in [0.1, 0.15) is 11.6 Å².